The van der Waals surface area contributed by atoms with E-state index in [0.717, 1.165) is 44.5 Å². The first kappa shape index (κ1) is 23.1. The van der Waals surface area contributed by atoms with Gasteiger partial charge >= 0.3 is 0 Å². The Morgan fingerprint density at radius 2 is 1.84 bits per heavy atom. The van der Waals surface area contributed by atoms with E-state index in [2.05, 4.69) is 20.2 Å². The van der Waals surface area contributed by atoms with Gasteiger partial charge in [0.2, 0.25) is 0 Å². The number of hydrogen-bond acceptors (Lipinski definition) is 5. The first-order valence-electron chi connectivity index (χ1n) is 11.7. The minimum absolute atomic E-state index is 0.0331. The van der Waals surface area contributed by atoms with Gasteiger partial charge in [0.1, 0.15) is 26.9 Å². The molecule has 0 aliphatic rings. The third-order valence-electron chi connectivity index (χ3n) is 6.31. The maximum atomic E-state index is 14.5. The molecule has 0 saturated heterocycles. The summed E-state index contributed by atoms with van der Waals surface area (Å²) in [6.07, 6.45) is 4.93. The highest BCUT2D eigenvalue weighted by molar-refractivity contribution is 7.90. The average Bonchev–Trinajstić information content (AvgIpc) is 3.51. The molecule has 6 rings (SSSR count). The number of hydrogen-bond donors (Lipinski definition) is 2. The van der Waals surface area contributed by atoms with Gasteiger partial charge in [-0.25, -0.2) is 17.8 Å². The van der Waals surface area contributed by atoms with Crippen LogP contribution in [-0.4, -0.2) is 45.6 Å². The normalized spacial score (nSPS) is 11.9. The number of rotatable bonds is 6. The monoisotopic (exact) mass is 511 g/mol. The van der Waals surface area contributed by atoms with Gasteiger partial charge in [-0.3, -0.25) is 10.1 Å². The van der Waals surface area contributed by atoms with Gasteiger partial charge in [0.05, 0.1) is 22.7 Å². The van der Waals surface area contributed by atoms with Gasteiger partial charge in [0.15, 0.2) is 0 Å². The van der Waals surface area contributed by atoms with Crippen LogP contribution in [0, 0.1) is 5.82 Å². The zero-order valence-electron chi connectivity index (χ0n) is 19.9. The fourth-order valence-electron chi connectivity index (χ4n) is 4.55. The molecule has 0 atom stereocenters. The van der Waals surface area contributed by atoms with Crippen molar-refractivity contribution in [2.75, 3.05) is 12.0 Å². The molecule has 6 aromatic rings. The fraction of sp³-hybridized carbons (Fsp3) is 0.107. The second kappa shape index (κ2) is 8.94. The van der Waals surface area contributed by atoms with Crippen molar-refractivity contribution in [3.8, 4) is 33.8 Å². The molecule has 0 spiro atoms. The molecule has 2 N–H and O–H groups in total. The summed E-state index contributed by atoms with van der Waals surface area (Å²) in [6, 6.07) is 20.2. The highest BCUT2D eigenvalue weighted by Gasteiger charge is 2.16. The zero-order valence-corrected chi connectivity index (χ0v) is 20.7. The number of sulfone groups is 1. The van der Waals surface area contributed by atoms with Crippen LogP contribution in [0.4, 0.5) is 4.39 Å². The van der Waals surface area contributed by atoms with Gasteiger partial charge in [-0.1, -0.05) is 18.2 Å². The van der Waals surface area contributed by atoms with E-state index in [-0.39, 0.29) is 12.2 Å². The molecule has 0 fully saturated rings. The lowest BCUT2D eigenvalue weighted by Crippen LogP contribution is -2.06. The van der Waals surface area contributed by atoms with E-state index in [1.165, 1.54) is 18.4 Å². The fourth-order valence-corrected chi connectivity index (χ4v) is 5.16. The van der Waals surface area contributed by atoms with Crippen LogP contribution in [0.25, 0.3) is 55.7 Å². The second-order valence-electron chi connectivity index (χ2n) is 9.08. The molecule has 0 unspecified atom stereocenters. The number of nitrogens with zero attached hydrogens (tertiary/aromatic N) is 3. The number of benzene rings is 2. The van der Waals surface area contributed by atoms with E-state index in [9.17, 15) is 12.8 Å². The van der Waals surface area contributed by atoms with Crippen molar-refractivity contribution in [1.29, 1.82) is 0 Å². The Balaban J connectivity index is 1.44. The van der Waals surface area contributed by atoms with Gasteiger partial charge in [-0.15, -0.1) is 0 Å². The van der Waals surface area contributed by atoms with Gasteiger partial charge in [-0.05, 0) is 71.6 Å². The van der Waals surface area contributed by atoms with Crippen LogP contribution >= 0.6 is 0 Å². The molecule has 0 aliphatic heterocycles. The molecule has 2 aromatic carbocycles. The number of H-pyrrole nitrogens is 2. The van der Waals surface area contributed by atoms with Crippen molar-refractivity contribution in [3.05, 3.63) is 90.5 Å². The van der Waals surface area contributed by atoms with Crippen molar-refractivity contribution in [3.63, 3.8) is 0 Å². The Morgan fingerprint density at radius 3 is 2.65 bits per heavy atom. The first-order valence-corrected chi connectivity index (χ1v) is 13.8. The van der Waals surface area contributed by atoms with Gasteiger partial charge < -0.3 is 4.98 Å². The number of halogens is 1. The molecule has 184 valence electrons. The van der Waals surface area contributed by atoms with Crippen LogP contribution in [0.5, 0.6) is 0 Å². The average molecular weight is 512 g/mol. The van der Waals surface area contributed by atoms with Crippen LogP contribution in [0.3, 0.4) is 0 Å². The number of pyridine rings is 2. The molecule has 0 aliphatic carbocycles. The Hall–Kier alpha value is -4.37. The topological polar surface area (TPSA) is 104 Å². The minimum Gasteiger partial charge on any atom is -0.353 e. The van der Waals surface area contributed by atoms with E-state index in [4.69, 9.17) is 4.98 Å². The third kappa shape index (κ3) is 4.61. The van der Waals surface area contributed by atoms with Gasteiger partial charge in [0.25, 0.3) is 0 Å². The lowest BCUT2D eigenvalue weighted by atomic mass is 9.98. The third-order valence-corrected chi connectivity index (χ3v) is 7.26. The molecule has 7 nitrogen and oxygen atoms in total. The van der Waals surface area contributed by atoms with Crippen LogP contribution in [-0.2, 0) is 16.3 Å². The summed E-state index contributed by atoms with van der Waals surface area (Å²) in [6.45, 7) is 0. The second-order valence-corrected chi connectivity index (χ2v) is 11.3. The first-order chi connectivity index (χ1) is 17.8. The number of aryl methyl sites for hydroxylation is 1. The Bertz CT molecular complexity index is 1880. The maximum absolute atomic E-state index is 14.5. The van der Waals surface area contributed by atoms with E-state index < -0.39 is 15.7 Å². The summed E-state index contributed by atoms with van der Waals surface area (Å²) in [5.41, 5.74) is 7.72. The lowest BCUT2D eigenvalue weighted by Gasteiger charge is -2.08. The zero-order chi connectivity index (χ0) is 25.6. The molecular formula is C28H22FN5O2S. The highest BCUT2D eigenvalue weighted by Crippen LogP contribution is 2.35. The largest absolute Gasteiger partial charge is 0.353 e. The molecule has 37 heavy (non-hydrogen) atoms. The van der Waals surface area contributed by atoms with Crippen molar-refractivity contribution < 1.29 is 12.8 Å². The van der Waals surface area contributed by atoms with E-state index in [1.54, 1.807) is 12.4 Å². The minimum atomic E-state index is -3.15. The highest BCUT2D eigenvalue weighted by atomic mass is 32.2. The number of aromatic amines is 2. The van der Waals surface area contributed by atoms with Crippen LogP contribution < -0.4 is 0 Å². The van der Waals surface area contributed by atoms with Crippen LogP contribution in [0.2, 0.25) is 0 Å². The van der Waals surface area contributed by atoms with Gasteiger partial charge in [-0.2, -0.15) is 5.10 Å². The van der Waals surface area contributed by atoms with E-state index in [0.29, 0.717) is 16.8 Å². The van der Waals surface area contributed by atoms with Crippen LogP contribution in [0.15, 0.2) is 79.1 Å². The molecule has 0 saturated carbocycles. The lowest BCUT2D eigenvalue weighted by molar-refractivity contribution is 0.600. The molecule has 0 radical (unpaired) electrons. The summed E-state index contributed by atoms with van der Waals surface area (Å²) < 4.78 is 37.8. The number of fused-ring (bicyclic) bond motifs is 2. The standard InChI is InChI=1S/C28H22FN5O2S/c1-37(35,36)11-9-17-12-19(14-20(29)13-17)21-5-2-6-24-22(21)15-26(31-24)28-27-25(33-34-28)8-7-23(32-27)18-4-3-10-30-16-18/h2-8,10,12-16,31H,9,11H2,1H3,(H,33,34). The number of aromatic nitrogens is 5. The Labute approximate surface area is 212 Å². The van der Waals surface area contributed by atoms with Crippen molar-refractivity contribution in [2.45, 2.75) is 6.42 Å². The molecule has 0 amide bonds. The summed E-state index contributed by atoms with van der Waals surface area (Å²) in [7, 11) is -3.15. The maximum Gasteiger partial charge on any atom is 0.147 e. The molecule has 0 bridgehead atoms. The van der Waals surface area contributed by atoms with Gasteiger partial charge in [0, 0.05) is 35.1 Å². The van der Waals surface area contributed by atoms with Crippen molar-refractivity contribution in [1.82, 2.24) is 25.1 Å². The predicted molar refractivity (Wildman–Crippen MR) is 143 cm³/mol. The quantitative estimate of drug-likeness (QED) is 0.305. The smallest absolute Gasteiger partial charge is 0.147 e. The van der Waals surface area contributed by atoms with E-state index >= 15 is 0 Å². The number of nitrogens with one attached hydrogen (secondary N) is 2. The molecular weight excluding hydrogens is 489 g/mol. The SMILES string of the molecule is CS(=O)(=O)CCc1cc(F)cc(-c2cccc3[nH]c(-c4n[nH]c5ccc(-c6cccnc6)nc45)cc23)c1. The summed E-state index contributed by atoms with van der Waals surface area (Å²) in [4.78, 5) is 12.5. The predicted octanol–water partition coefficient (Wildman–Crippen LogP) is 5.56. The van der Waals surface area contributed by atoms with Crippen molar-refractivity contribution >= 4 is 31.8 Å². The Morgan fingerprint density at radius 1 is 0.946 bits per heavy atom. The van der Waals surface area contributed by atoms with E-state index in [1.807, 2.05) is 54.6 Å². The summed E-state index contributed by atoms with van der Waals surface area (Å²) >= 11 is 0. The van der Waals surface area contributed by atoms with Crippen LogP contribution in [0.1, 0.15) is 5.56 Å². The van der Waals surface area contributed by atoms with Crippen molar-refractivity contribution in [2.24, 2.45) is 0 Å². The summed E-state index contributed by atoms with van der Waals surface area (Å²) in [5.74, 6) is -0.437. The molecule has 4 heterocycles. The Kier molecular flexibility index (Phi) is 5.57. The molecule has 9 heteroatoms. The summed E-state index contributed by atoms with van der Waals surface area (Å²) in [5, 5.41) is 8.47. The molecule has 4 aromatic heterocycles.